The van der Waals surface area contributed by atoms with Crippen molar-refractivity contribution in [3.8, 4) is 0 Å². The van der Waals surface area contributed by atoms with Crippen LogP contribution in [-0.2, 0) is 4.74 Å². The number of anilines is 1. The van der Waals surface area contributed by atoms with Crippen LogP contribution in [0.1, 0.15) is 28.8 Å². The van der Waals surface area contributed by atoms with Gasteiger partial charge in [-0.2, -0.15) is 5.10 Å². The van der Waals surface area contributed by atoms with Crippen LogP contribution in [0.2, 0.25) is 0 Å². The lowest BCUT2D eigenvalue weighted by molar-refractivity contribution is -0.254. The van der Waals surface area contributed by atoms with E-state index in [1.807, 2.05) is 24.4 Å². The number of hydrazone groups is 1. The fourth-order valence-electron chi connectivity index (χ4n) is 3.86. The van der Waals surface area contributed by atoms with E-state index in [1.54, 1.807) is 18.2 Å². The summed E-state index contributed by atoms with van der Waals surface area (Å²) in [5.74, 6) is -1.23. The van der Waals surface area contributed by atoms with E-state index in [0.29, 0.717) is 18.9 Å². The minimum absolute atomic E-state index is 0.0908. The van der Waals surface area contributed by atoms with Gasteiger partial charge in [0, 0.05) is 24.4 Å². The van der Waals surface area contributed by atoms with Gasteiger partial charge in [0.2, 0.25) is 0 Å². The second-order valence-electron chi connectivity index (χ2n) is 7.26. The first kappa shape index (κ1) is 19.9. The maximum absolute atomic E-state index is 11.3. The Kier molecular flexibility index (Phi) is 6.25. The molecular formula is C24H24N3O3-. The molecule has 0 unspecified atom stereocenters. The summed E-state index contributed by atoms with van der Waals surface area (Å²) in [5.41, 5.74) is 8.18. The Bertz CT molecular complexity index is 990. The monoisotopic (exact) mass is 402 g/mol. The molecule has 6 nitrogen and oxygen atoms in total. The van der Waals surface area contributed by atoms with Crippen molar-refractivity contribution in [2.75, 3.05) is 31.7 Å². The number of carboxylic acid groups (broad SMARTS) is 1. The molecular weight excluding hydrogens is 378 g/mol. The van der Waals surface area contributed by atoms with Crippen LogP contribution in [0.5, 0.6) is 0 Å². The number of nitrogens with zero attached hydrogens (tertiary/aromatic N) is 2. The summed E-state index contributed by atoms with van der Waals surface area (Å²) in [6.07, 6.45) is 5.88. The number of carbonyl (C=O) groups excluding carboxylic acids is 1. The van der Waals surface area contributed by atoms with Crippen molar-refractivity contribution in [2.45, 2.75) is 12.8 Å². The largest absolute Gasteiger partial charge is 0.545 e. The van der Waals surface area contributed by atoms with E-state index >= 15 is 0 Å². The van der Waals surface area contributed by atoms with E-state index in [4.69, 9.17) is 4.74 Å². The number of morpholine rings is 1. The molecule has 4 rings (SSSR count). The zero-order valence-corrected chi connectivity index (χ0v) is 16.7. The van der Waals surface area contributed by atoms with Gasteiger partial charge in [0.05, 0.1) is 31.1 Å². The summed E-state index contributed by atoms with van der Waals surface area (Å²) in [7, 11) is 0. The van der Waals surface area contributed by atoms with Gasteiger partial charge in [-0.3, -0.25) is 5.43 Å². The molecule has 6 heteroatoms. The maximum Gasteiger partial charge on any atom is 0.0736 e. The molecule has 0 bridgehead atoms. The summed E-state index contributed by atoms with van der Waals surface area (Å²) in [4.78, 5) is 13.6. The van der Waals surface area contributed by atoms with E-state index in [1.165, 1.54) is 22.9 Å². The number of aromatic carboxylic acids is 1. The molecule has 1 heterocycles. The highest BCUT2D eigenvalue weighted by Gasteiger charge is 2.25. The first-order chi connectivity index (χ1) is 14.7. The highest BCUT2D eigenvalue weighted by atomic mass is 16.5. The number of benzene rings is 2. The smallest absolute Gasteiger partial charge is 0.0736 e. The number of rotatable bonds is 6. The molecule has 0 spiro atoms. The van der Waals surface area contributed by atoms with Crippen LogP contribution in [0.25, 0.3) is 6.08 Å². The van der Waals surface area contributed by atoms with Crippen molar-refractivity contribution in [1.82, 2.24) is 4.90 Å². The van der Waals surface area contributed by atoms with Gasteiger partial charge in [0.1, 0.15) is 0 Å². The minimum Gasteiger partial charge on any atom is -0.545 e. The van der Waals surface area contributed by atoms with Gasteiger partial charge in [-0.1, -0.05) is 48.5 Å². The molecule has 0 aromatic heterocycles. The Labute approximate surface area is 176 Å². The van der Waals surface area contributed by atoms with Gasteiger partial charge in [0.15, 0.2) is 0 Å². The fourth-order valence-corrected chi connectivity index (χ4v) is 3.86. The molecule has 2 aliphatic rings. The molecule has 30 heavy (non-hydrogen) atoms. The molecule has 0 amide bonds. The second kappa shape index (κ2) is 9.41. The van der Waals surface area contributed by atoms with E-state index in [9.17, 15) is 9.90 Å². The number of ether oxygens (including phenoxy) is 1. The Hall–Kier alpha value is -3.38. The predicted octanol–water partition coefficient (Wildman–Crippen LogP) is 2.91. The van der Waals surface area contributed by atoms with E-state index in [0.717, 1.165) is 31.5 Å². The first-order valence-corrected chi connectivity index (χ1v) is 10.1. The summed E-state index contributed by atoms with van der Waals surface area (Å²) in [5, 5.41) is 15.6. The third-order valence-corrected chi connectivity index (χ3v) is 5.29. The topological polar surface area (TPSA) is 77.0 Å². The number of hydrogen-bond donors (Lipinski definition) is 1. The molecule has 1 fully saturated rings. The van der Waals surface area contributed by atoms with E-state index in [2.05, 4.69) is 33.6 Å². The Morgan fingerprint density at radius 1 is 1.03 bits per heavy atom. The first-order valence-electron chi connectivity index (χ1n) is 10.1. The van der Waals surface area contributed by atoms with Gasteiger partial charge < -0.3 is 19.5 Å². The molecule has 0 radical (unpaired) electrons. The van der Waals surface area contributed by atoms with Crippen LogP contribution in [0.4, 0.5) is 5.69 Å². The zero-order valence-electron chi connectivity index (χ0n) is 16.7. The van der Waals surface area contributed by atoms with Crippen molar-refractivity contribution in [1.29, 1.82) is 0 Å². The van der Waals surface area contributed by atoms with Crippen molar-refractivity contribution in [2.24, 2.45) is 5.10 Å². The number of nitrogens with one attached hydrogen (secondary N) is 1. The molecule has 0 saturated carbocycles. The standard InChI is InChI=1S/C24H25N3O3/c28-24(29)21-8-4-5-9-22(21)26-25-17-20-11-10-19(16-18-6-2-1-3-7-18)23(20)27-12-14-30-15-13-27/h1-9,16-17,26H,10-15H2,(H,28,29)/p-1/b19-16-,25-17-. The van der Waals surface area contributed by atoms with Crippen LogP contribution in [0.3, 0.4) is 0 Å². The van der Waals surface area contributed by atoms with Crippen LogP contribution >= 0.6 is 0 Å². The average molecular weight is 402 g/mol. The molecule has 154 valence electrons. The van der Waals surface area contributed by atoms with Crippen LogP contribution < -0.4 is 10.5 Å². The van der Waals surface area contributed by atoms with Crippen molar-refractivity contribution in [3.63, 3.8) is 0 Å². The molecule has 1 N–H and O–H groups in total. The van der Waals surface area contributed by atoms with Gasteiger partial charge in [-0.15, -0.1) is 0 Å². The predicted molar refractivity (Wildman–Crippen MR) is 116 cm³/mol. The molecule has 1 aliphatic heterocycles. The highest BCUT2D eigenvalue weighted by Crippen LogP contribution is 2.35. The SMILES string of the molecule is O=C([O-])c1ccccc1N/N=C\C1=C(N2CCOCC2)C(=C\c2ccccc2)/CC1. The van der Waals surface area contributed by atoms with Crippen LogP contribution in [-0.4, -0.2) is 43.4 Å². The van der Waals surface area contributed by atoms with Crippen molar-refractivity contribution < 1.29 is 14.6 Å². The van der Waals surface area contributed by atoms with Gasteiger partial charge in [0.25, 0.3) is 0 Å². The van der Waals surface area contributed by atoms with E-state index < -0.39 is 5.97 Å². The molecule has 2 aromatic rings. The third-order valence-electron chi connectivity index (χ3n) is 5.29. The number of para-hydroxylation sites is 1. The van der Waals surface area contributed by atoms with Crippen molar-refractivity contribution in [3.05, 3.63) is 82.6 Å². The van der Waals surface area contributed by atoms with Gasteiger partial charge in [-0.25, -0.2) is 0 Å². The van der Waals surface area contributed by atoms with Crippen LogP contribution in [0, 0.1) is 0 Å². The maximum atomic E-state index is 11.3. The molecule has 0 atom stereocenters. The second-order valence-corrected chi connectivity index (χ2v) is 7.26. The van der Waals surface area contributed by atoms with Crippen LogP contribution in [0.15, 0.2) is 76.5 Å². The van der Waals surface area contributed by atoms with Crippen molar-refractivity contribution >= 4 is 23.9 Å². The normalized spacial score (nSPS) is 18.4. The lowest BCUT2D eigenvalue weighted by Gasteiger charge is -2.31. The number of carboxylic acids is 1. The zero-order chi connectivity index (χ0) is 20.8. The lowest BCUT2D eigenvalue weighted by atomic mass is 10.1. The highest BCUT2D eigenvalue weighted by molar-refractivity contribution is 5.93. The summed E-state index contributed by atoms with van der Waals surface area (Å²) in [6.45, 7) is 3.12. The van der Waals surface area contributed by atoms with Gasteiger partial charge in [-0.05, 0) is 41.7 Å². The van der Waals surface area contributed by atoms with E-state index in [-0.39, 0.29) is 5.56 Å². The Balaban J connectivity index is 1.61. The lowest BCUT2D eigenvalue weighted by Crippen LogP contribution is -2.36. The number of hydrogen-bond acceptors (Lipinski definition) is 6. The fraction of sp³-hybridized carbons (Fsp3) is 0.250. The minimum atomic E-state index is -1.23. The number of allylic oxidation sites excluding steroid dienone is 2. The Morgan fingerprint density at radius 3 is 2.53 bits per heavy atom. The summed E-state index contributed by atoms with van der Waals surface area (Å²) < 4.78 is 5.53. The molecule has 2 aromatic carbocycles. The third kappa shape index (κ3) is 4.60. The molecule has 1 saturated heterocycles. The van der Waals surface area contributed by atoms with Gasteiger partial charge >= 0.3 is 0 Å². The quantitative estimate of drug-likeness (QED) is 0.594. The number of carbonyl (C=O) groups is 1. The average Bonchev–Trinajstić information content (AvgIpc) is 3.17. The summed E-state index contributed by atoms with van der Waals surface area (Å²) in [6, 6.07) is 16.9. The molecule has 1 aliphatic carbocycles. The summed E-state index contributed by atoms with van der Waals surface area (Å²) >= 11 is 0. The Morgan fingerprint density at radius 2 is 1.77 bits per heavy atom.